The monoisotopic (exact) mass is 510 g/mol. The Morgan fingerprint density at radius 3 is 2.53 bits per heavy atom. The van der Waals surface area contributed by atoms with Crippen LogP contribution in [0, 0.1) is 0 Å². The van der Waals surface area contributed by atoms with E-state index in [0.717, 1.165) is 28.5 Å². The van der Waals surface area contributed by atoms with E-state index in [9.17, 15) is 4.79 Å². The Kier molecular flexibility index (Phi) is 7.78. The number of nitrogens with zero attached hydrogens (tertiary/aromatic N) is 4. The fraction of sp³-hybridized carbons (Fsp3) is 0.267. The van der Waals surface area contributed by atoms with Gasteiger partial charge in [0.15, 0.2) is 11.5 Å². The third-order valence-electron chi connectivity index (χ3n) is 6.58. The van der Waals surface area contributed by atoms with Crippen molar-refractivity contribution in [3.8, 4) is 5.75 Å². The van der Waals surface area contributed by atoms with Crippen LogP contribution in [0.4, 0.5) is 17.2 Å². The summed E-state index contributed by atoms with van der Waals surface area (Å²) in [5.74, 6) is 2.20. The molecule has 0 fully saturated rings. The number of fused-ring (bicyclic) bond motifs is 1. The molecule has 2 heterocycles. The van der Waals surface area contributed by atoms with Crippen molar-refractivity contribution in [3.05, 3.63) is 102 Å². The van der Waals surface area contributed by atoms with Gasteiger partial charge < -0.3 is 29.7 Å². The van der Waals surface area contributed by atoms with Crippen molar-refractivity contribution in [1.29, 1.82) is 0 Å². The lowest BCUT2D eigenvalue weighted by atomic mass is 10.2. The largest absolute Gasteiger partial charge is 0.492 e. The zero-order valence-corrected chi connectivity index (χ0v) is 21.9. The predicted octanol–water partition coefficient (Wildman–Crippen LogP) is 4.56. The smallest absolute Gasteiger partial charge is 0.274 e. The first-order valence-corrected chi connectivity index (χ1v) is 12.9. The van der Waals surface area contributed by atoms with Crippen LogP contribution in [0.2, 0.25) is 0 Å². The van der Waals surface area contributed by atoms with Gasteiger partial charge in [-0.05, 0) is 35.9 Å². The maximum Gasteiger partial charge on any atom is 0.274 e. The molecule has 1 aromatic heterocycles. The quantitative estimate of drug-likeness (QED) is 0.326. The number of amides is 1. The number of carbonyl (C=O) groups excluding carboxylic acids is 1. The topological polar surface area (TPSA) is 74.7 Å². The van der Waals surface area contributed by atoms with Crippen LogP contribution in [0.25, 0.3) is 0 Å². The van der Waals surface area contributed by atoms with Gasteiger partial charge in [-0.25, -0.2) is 4.98 Å². The first kappa shape index (κ1) is 25.2. The summed E-state index contributed by atoms with van der Waals surface area (Å²) in [6, 6.07) is 28.1. The summed E-state index contributed by atoms with van der Waals surface area (Å²) in [6.07, 6.45) is 0. The third-order valence-corrected chi connectivity index (χ3v) is 6.58. The molecule has 196 valence electrons. The van der Waals surface area contributed by atoms with Crippen LogP contribution in [0.3, 0.4) is 0 Å². The summed E-state index contributed by atoms with van der Waals surface area (Å²) < 4.78 is 7.92. The average Bonchev–Trinajstić information content (AvgIpc) is 3.20. The highest BCUT2D eigenvalue weighted by molar-refractivity contribution is 5.98. The zero-order valence-electron chi connectivity index (χ0n) is 21.9. The Morgan fingerprint density at radius 1 is 1.00 bits per heavy atom. The number of rotatable bonds is 10. The Bertz CT molecular complexity index is 1350. The molecule has 0 unspecified atom stereocenters. The minimum atomic E-state index is -0.0362. The van der Waals surface area contributed by atoms with Gasteiger partial charge in [0, 0.05) is 45.1 Å². The molecule has 0 atom stereocenters. The van der Waals surface area contributed by atoms with Crippen LogP contribution < -0.4 is 20.3 Å². The standard InChI is InChI=1S/C30H34N6O2/c1-34(2)25-13-9-12-24(20-25)32-21-27-33-29-28(36(27)22-23-10-5-3-6-11-23)30(37)35(17-16-31-29)18-19-38-26-14-7-4-8-15-26/h3-15,20,31-32H,16-19,21-22H2,1-2H3. The number of ether oxygens (including phenoxy) is 1. The molecule has 1 aliphatic rings. The van der Waals surface area contributed by atoms with E-state index in [2.05, 4.69) is 39.8 Å². The number of para-hydroxylation sites is 1. The minimum Gasteiger partial charge on any atom is -0.492 e. The number of benzene rings is 3. The molecule has 5 rings (SSSR count). The molecule has 38 heavy (non-hydrogen) atoms. The number of nitrogens with one attached hydrogen (secondary N) is 2. The van der Waals surface area contributed by atoms with Gasteiger partial charge in [-0.2, -0.15) is 0 Å². The van der Waals surface area contributed by atoms with E-state index in [1.165, 1.54) is 0 Å². The number of hydrogen-bond donors (Lipinski definition) is 2. The van der Waals surface area contributed by atoms with Crippen LogP contribution in [-0.2, 0) is 13.1 Å². The van der Waals surface area contributed by atoms with Gasteiger partial charge in [0.2, 0.25) is 0 Å². The highest BCUT2D eigenvalue weighted by Gasteiger charge is 2.29. The van der Waals surface area contributed by atoms with Gasteiger partial charge in [0.05, 0.1) is 13.1 Å². The molecule has 8 heteroatoms. The molecule has 2 N–H and O–H groups in total. The zero-order chi connectivity index (χ0) is 26.3. The number of carbonyl (C=O) groups is 1. The minimum absolute atomic E-state index is 0.0362. The van der Waals surface area contributed by atoms with Crippen LogP contribution >= 0.6 is 0 Å². The molecule has 1 aliphatic heterocycles. The molecular formula is C30H34N6O2. The average molecular weight is 511 g/mol. The summed E-state index contributed by atoms with van der Waals surface area (Å²) in [6.45, 7) is 3.18. The maximum absolute atomic E-state index is 13.8. The van der Waals surface area contributed by atoms with Crippen LogP contribution in [0.15, 0.2) is 84.9 Å². The molecule has 8 nitrogen and oxygen atoms in total. The summed E-state index contributed by atoms with van der Waals surface area (Å²) in [5, 5.41) is 6.90. The molecular weight excluding hydrogens is 476 g/mol. The van der Waals surface area contributed by atoms with Crippen molar-refractivity contribution in [2.75, 3.05) is 55.9 Å². The van der Waals surface area contributed by atoms with Gasteiger partial charge in [0.25, 0.3) is 5.91 Å². The summed E-state index contributed by atoms with van der Waals surface area (Å²) in [5.41, 5.74) is 3.81. The highest BCUT2D eigenvalue weighted by Crippen LogP contribution is 2.25. The second-order valence-electron chi connectivity index (χ2n) is 9.48. The Balaban J connectivity index is 1.39. The molecule has 0 spiro atoms. The van der Waals surface area contributed by atoms with E-state index in [-0.39, 0.29) is 5.91 Å². The molecule has 0 aliphatic carbocycles. The maximum atomic E-state index is 13.8. The predicted molar refractivity (Wildman–Crippen MR) is 152 cm³/mol. The second-order valence-corrected chi connectivity index (χ2v) is 9.48. The number of aromatic nitrogens is 2. The number of anilines is 3. The van der Waals surface area contributed by atoms with Gasteiger partial charge in [-0.15, -0.1) is 0 Å². The SMILES string of the molecule is CN(C)c1cccc(NCc2nc3c(n2Cc2ccccc2)C(=O)N(CCOc2ccccc2)CCN3)c1. The van der Waals surface area contributed by atoms with E-state index >= 15 is 0 Å². The van der Waals surface area contributed by atoms with Gasteiger partial charge in [-0.1, -0.05) is 54.6 Å². The summed E-state index contributed by atoms with van der Waals surface area (Å²) >= 11 is 0. The lowest BCUT2D eigenvalue weighted by Gasteiger charge is -2.22. The molecule has 1 amide bonds. The van der Waals surface area contributed by atoms with Crippen LogP contribution in [0.1, 0.15) is 21.9 Å². The van der Waals surface area contributed by atoms with E-state index in [1.54, 1.807) is 0 Å². The molecule has 0 bridgehead atoms. The lowest BCUT2D eigenvalue weighted by molar-refractivity contribution is 0.0732. The molecule has 4 aromatic rings. The Hall–Kier alpha value is -4.46. The van der Waals surface area contributed by atoms with E-state index in [1.807, 2.05) is 84.2 Å². The molecule has 0 saturated carbocycles. The van der Waals surface area contributed by atoms with Crippen LogP contribution in [0.5, 0.6) is 5.75 Å². The Labute approximate surface area is 223 Å². The highest BCUT2D eigenvalue weighted by atomic mass is 16.5. The van der Waals surface area contributed by atoms with Gasteiger partial charge >= 0.3 is 0 Å². The third kappa shape index (κ3) is 5.91. The van der Waals surface area contributed by atoms with Gasteiger partial charge in [-0.3, -0.25) is 4.79 Å². The Morgan fingerprint density at radius 2 is 1.76 bits per heavy atom. The molecule has 0 radical (unpaired) electrons. The normalized spacial score (nSPS) is 12.9. The van der Waals surface area contributed by atoms with Crippen molar-refractivity contribution in [3.63, 3.8) is 0 Å². The van der Waals surface area contributed by atoms with E-state index in [0.29, 0.717) is 50.8 Å². The number of hydrogen-bond acceptors (Lipinski definition) is 6. The van der Waals surface area contributed by atoms with Crippen molar-refractivity contribution in [1.82, 2.24) is 14.5 Å². The first-order valence-electron chi connectivity index (χ1n) is 12.9. The first-order chi connectivity index (χ1) is 18.6. The summed E-state index contributed by atoms with van der Waals surface area (Å²) in [4.78, 5) is 22.7. The van der Waals surface area contributed by atoms with Crippen molar-refractivity contribution in [2.24, 2.45) is 0 Å². The van der Waals surface area contributed by atoms with Gasteiger partial charge in [0.1, 0.15) is 18.2 Å². The lowest BCUT2D eigenvalue weighted by Crippen LogP contribution is -2.37. The second kappa shape index (κ2) is 11.7. The van der Waals surface area contributed by atoms with Crippen molar-refractivity contribution < 1.29 is 9.53 Å². The molecule has 0 saturated heterocycles. The molecule has 3 aromatic carbocycles. The fourth-order valence-corrected chi connectivity index (χ4v) is 4.55. The van der Waals surface area contributed by atoms with Crippen molar-refractivity contribution in [2.45, 2.75) is 13.1 Å². The van der Waals surface area contributed by atoms with Crippen LogP contribution in [-0.4, -0.2) is 60.7 Å². The van der Waals surface area contributed by atoms with Crippen molar-refractivity contribution >= 4 is 23.1 Å². The van der Waals surface area contributed by atoms with E-state index in [4.69, 9.17) is 9.72 Å². The number of imidazole rings is 1. The summed E-state index contributed by atoms with van der Waals surface area (Å²) in [7, 11) is 4.05. The van der Waals surface area contributed by atoms with E-state index < -0.39 is 0 Å². The fourth-order valence-electron chi connectivity index (χ4n) is 4.55.